The second kappa shape index (κ2) is 7.17. The Morgan fingerprint density at radius 3 is 2.11 bits per heavy atom. The number of halogens is 1. The molecule has 0 aliphatic carbocycles. The van der Waals surface area contributed by atoms with E-state index in [-0.39, 0.29) is 5.96 Å². The van der Waals surface area contributed by atoms with Crippen molar-refractivity contribution in [2.24, 2.45) is 5.73 Å². The van der Waals surface area contributed by atoms with E-state index in [0.29, 0.717) is 11.6 Å². The zero-order valence-corrected chi connectivity index (χ0v) is 11.1. The fourth-order valence-corrected chi connectivity index (χ4v) is 1.07. The predicted octanol–water partition coefficient (Wildman–Crippen LogP) is 1.01. The summed E-state index contributed by atoms with van der Waals surface area (Å²) in [5.41, 5.74) is 6.38. The van der Waals surface area contributed by atoms with E-state index in [9.17, 15) is 0 Å². The number of rotatable bonds is 2. The Balaban J connectivity index is 0.000000494. The minimum absolute atomic E-state index is 0.0648. The third kappa shape index (κ3) is 9.85. The second-order valence-electron chi connectivity index (χ2n) is 3.32. The van der Waals surface area contributed by atoms with Crippen LogP contribution < -0.4 is 5.73 Å². The molecule has 0 fully saturated rings. The Hall–Kier alpha value is -1.35. The SMILES string of the molecule is CN(Cc1ccc(Cl)cc1)C(=N)N.O=S(=O)(O)O. The summed E-state index contributed by atoms with van der Waals surface area (Å²) < 4.78 is 31.6. The van der Waals surface area contributed by atoms with Crippen LogP contribution >= 0.6 is 11.6 Å². The van der Waals surface area contributed by atoms with Crippen LogP contribution in [0.4, 0.5) is 0 Å². The maximum Gasteiger partial charge on any atom is 0.394 e. The molecule has 18 heavy (non-hydrogen) atoms. The molecule has 9 heteroatoms. The largest absolute Gasteiger partial charge is 0.394 e. The van der Waals surface area contributed by atoms with Crippen molar-refractivity contribution >= 4 is 28.0 Å². The predicted molar refractivity (Wildman–Crippen MR) is 69.0 cm³/mol. The van der Waals surface area contributed by atoms with Gasteiger partial charge in [-0.2, -0.15) is 8.42 Å². The van der Waals surface area contributed by atoms with Crippen molar-refractivity contribution in [3.8, 4) is 0 Å². The first-order valence-corrected chi connectivity index (χ1v) is 6.36. The summed E-state index contributed by atoms with van der Waals surface area (Å²) in [6, 6.07) is 7.49. The summed E-state index contributed by atoms with van der Waals surface area (Å²) in [4.78, 5) is 1.66. The van der Waals surface area contributed by atoms with Crippen molar-refractivity contribution in [2.45, 2.75) is 6.54 Å². The highest BCUT2D eigenvalue weighted by Crippen LogP contribution is 2.10. The smallest absolute Gasteiger partial charge is 0.370 e. The van der Waals surface area contributed by atoms with Gasteiger partial charge in [-0.15, -0.1) is 0 Å². The molecule has 0 radical (unpaired) electrons. The summed E-state index contributed by atoms with van der Waals surface area (Å²) in [7, 11) is -2.89. The molecular weight excluding hydrogens is 282 g/mol. The molecule has 0 amide bonds. The number of guanidine groups is 1. The van der Waals surface area contributed by atoms with Gasteiger partial charge in [-0.25, -0.2) is 0 Å². The summed E-state index contributed by atoms with van der Waals surface area (Å²) >= 11 is 5.73. The van der Waals surface area contributed by atoms with Crippen molar-refractivity contribution in [2.75, 3.05) is 7.05 Å². The number of hydrogen-bond acceptors (Lipinski definition) is 3. The minimum Gasteiger partial charge on any atom is -0.370 e. The maximum atomic E-state index is 8.74. The van der Waals surface area contributed by atoms with Crippen LogP contribution in [0.5, 0.6) is 0 Å². The zero-order chi connectivity index (χ0) is 14.3. The molecule has 0 atom stereocenters. The minimum atomic E-state index is -4.67. The van der Waals surface area contributed by atoms with Gasteiger partial charge in [-0.05, 0) is 17.7 Å². The van der Waals surface area contributed by atoms with Crippen LogP contribution in [0.1, 0.15) is 5.56 Å². The molecule has 1 rings (SSSR count). The monoisotopic (exact) mass is 295 g/mol. The topological polar surface area (TPSA) is 128 Å². The fourth-order valence-electron chi connectivity index (χ4n) is 0.949. The number of nitrogens with zero attached hydrogens (tertiary/aromatic N) is 1. The highest BCUT2D eigenvalue weighted by atomic mass is 35.5. The van der Waals surface area contributed by atoms with E-state index in [1.54, 1.807) is 11.9 Å². The van der Waals surface area contributed by atoms with E-state index in [1.807, 2.05) is 24.3 Å². The van der Waals surface area contributed by atoms with Gasteiger partial charge in [0.2, 0.25) is 0 Å². The van der Waals surface area contributed by atoms with Crippen LogP contribution in [-0.2, 0) is 16.9 Å². The molecule has 0 bridgehead atoms. The van der Waals surface area contributed by atoms with Crippen molar-refractivity contribution in [1.82, 2.24) is 4.90 Å². The average molecular weight is 296 g/mol. The molecule has 5 N–H and O–H groups in total. The zero-order valence-electron chi connectivity index (χ0n) is 9.54. The molecule has 0 aromatic heterocycles. The van der Waals surface area contributed by atoms with Crippen LogP contribution in [0.2, 0.25) is 5.02 Å². The fraction of sp³-hybridized carbons (Fsp3) is 0.222. The number of nitrogens with two attached hydrogens (primary N) is 1. The maximum absolute atomic E-state index is 8.74. The number of nitrogens with one attached hydrogen (secondary N) is 1. The van der Waals surface area contributed by atoms with Crippen LogP contribution in [0.25, 0.3) is 0 Å². The standard InChI is InChI=1S/C9H12ClN3.H2O4S/c1-13(9(11)12)6-7-2-4-8(10)5-3-7;1-5(2,3)4/h2-5H,6H2,1H3,(H3,11,12);(H2,1,2,3,4). The van der Waals surface area contributed by atoms with E-state index in [0.717, 1.165) is 5.56 Å². The van der Waals surface area contributed by atoms with Gasteiger partial charge in [-0.3, -0.25) is 14.5 Å². The lowest BCUT2D eigenvalue weighted by Gasteiger charge is -2.16. The lowest BCUT2D eigenvalue weighted by molar-refractivity contribution is 0.381. The molecule has 7 nitrogen and oxygen atoms in total. The summed E-state index contributed by atoms with van der Waals surface area (Å²) in [5.74, 6) is 0.0648. The first-order valence-electron chi connectivity index (χ1n) is 4.59. The molecule has 0 heterocycles. The lowest BCUT2D eigenvalue weighted by Crippen LogP contribution is -2.32. The van der Waals surface area contributed by atoms with Crippen LogP contribution in [-0.4, -0.2) is 35.4 Å². The quantitative estimate of drug-likeness (QED) is 0.366. The normalized spacial score (nSPS) is 10.2. The molecule has 102 valence electrons. The van der Waals surface area contributed by atoms with Crippen LogP contribution in [0, 0.1) is 5.41 Å². The summed E-state index contributed by atoms with van der Waals surface area (Å²) in [6.07, 6.45) is 0. The van der Waals surface area contributed by atoms with Gasteiger partial charge < -0.3 is 10.6 Å². The molecule has 0 saturated carbocycles. The van der Waals surface area contributed by atoms with Gasteiger partial charge in [-0.1, -0.05) is 23.7 Å². The molecule has 0 aliphatic heterocycles. The van der Waals surface area contributed by atoms with E-state index < -0.39 is 10.4 Å². The van der Waals surface area contributed by atoms with E-state index in [2.05, 4.69) is 0 Å². The van der Waals surface area contributed by atoms with Crippen molar-refractivity contribution in [3.63, 3.8) is 0 Å². The highest BCUT2D eigenvalue weighted by molar-refractivity contribution is 7.79. The highest BCUT2D eigenvalue weighted by Gasteiger charge is 2.00. The third-order valence-electron chi connectivity index (χ3n) is 1.74. The Kier molecular flexibility index (Phi) is 6.63. The Morgan fingerprint density at radius 1 is 1.39 bits per heavy atom. The molecule has 0 saturated heterocycles. The van der Waals surface area contributed by atoms with E-state index >= 15 is 0 Å². The van der Waals surface area contributed by atoms with Gasteiger partial charge in [0.15, 0.2) is 5.96 Å². The van der Waals surface area contributed by atoms with Gasteiger partial charge in [0.1, 0.15) is 0 Å². The first kappa shape index (κ1) is 16.6. The number of hydrogen-bond donors (Lipinski definition) is 4. The molecule has 1 aromatic rings. The Bertz CT molecular complexity index is 481. The molecule has 0 unspecified atom stereocenters. The number of benzene rings is 1. The van der Waals surface area contributed by atoms with Crippen LogP contribution in [0.3, 0.4) is 0 Å². The average Bonchev–Trinajstić information content (AvgIpc) is 2.18. The van der Waals surface area contributed by atoms with Gasteiger partial charge in [0.25, 0.3) is 0 Å². The Labute approximate surface area is 110 Å². The van der Waals surface area contributed by atoms with Crippen LogP contribution in [0.15, 0.2) is 24.3 Å². The lowest BCUT2D eigenvalue weighted by atomic mass is 10.2. The van der Waals surface area contributed by atoms with E-state index in [1.165, 1.54) is 0 Å². The van der Waals surface area contributed by atoms with Gasteiger partial charge >= 0.3 is 10.4 Å². The molecule has 0 spiro atoms. The van der Waals surface area contributed by atoms with E-state index in [4.69, 9.17) is 40.3 Å². The summed E-state index contributed by atoms with van der Waals surface area (Å²) in [5, 5.41) is 7.89. The van der Waals surface area contributed by atoms with Gasteiger partial charge in [0, 0.05) is 18.6 Å². The molecule has 1 aromatic carbocycles. The third-order valence-corrected chi connectivity index (χ3v) is 2.00. The van der Waals surface area contributed by atoms with Crippen molar-refractivity contribution in [3.05, 3.63) is 34.9 Å². The molecular formula is C9H14ClN3O4S. The molecule has 0 aliphatic rings. The van der Waals surface area contributed by atoms with Crippen molar-refractivity contribution < 1.29 is 17.5 Å². The second-order valence-corrected chi connectivity index (χ2v) is 4.65. The van der Waals surface area contributed by atoms with Crippen molar-refractivity contribution in [1.29, 1.82) is 5.41 Å². The Morgan fingerprint density at radius 2 is 1.78 bits per heavy atom. The summed E-state index contributed by atoms with van der Waals surface area (Å²) in [6.45, 7) is 0.631. The first-order chi connectivity index (χ1) is 8.09. The van der Waals surface area contributed by atoms with Gasteiger partial charge in [0.05, 0.1) is 0 Å².